The molecule has 0 spiro atoms. The summed E-state index contributed by atoms with van der Waals surface area (Å²) in [5, 5.41) is 0.613. The number of hydrogen-bond donors (Lipinski definition) is 0. The highest BCUT2D eigenvalue weighted by Crippen LogP contribution is 2.19. The van der Waals surface area contributed by atoms with E-state index >= 15 is 0 Å². The molecule has 0 saturated heterocycles. The van der Waals surface area contributed by atoms with E-state index < -0.39 is 12.8 Å². The second kappa shape index (κ2) is 7.57. The molecule has 2 aromatic carbocycles. The fourth-order valence-electron chi connectivity index (χ4n) is 2.01. The van der Waals surface area contributed by atoms with E-state index in [9.17, 15) is 18.0 Å². The van der Waals surface area contributed by atoms with Gasteiger partial charge in [0.15, 0.2) is 6.61 Å². The molecule has 2 rings (SSSR count). The minimum atomic E-state index is -4.40. The normalized spacial score (nSPS) is 11.2. The largest absolute Gasteiger partial charge is 0.484 e. The molecule has 0 heterocycles. The molecule has 0 aliphatic heterocycles. The van der Waals surface area contributed by atoms with Crippen molar-refractivity contribution in [2.45, 2.75) is 12.7 Å². The first-order chi connectivity index (χ1) is 11.2. The maximum Gasteiger partial charge on any atom is 0.422 e. The number of carbonyl (C=O) groups is 1. The van der Waals surface area contributed by atoms with Gasteiger partial charge in [-0.25, -0.2) is 0 Å². The van der Waals surface area contributed by atoms with Gasteiger partial charge in [-0.2, -0.15) is 13.2 Å². The number of alkyl halides is 3. The van der Waals surface area contributed by atoms with Gasteiger partial charge in [-0.1, -0.05) is 23.7 Å². The maximum absolute atomic E-state index is 12.3. The summed E-state index contributed by atoms with van der Waals surface area (Å²) in [7, 11) is 1.64. The van der Waals surface area contributed by atoms with Crippen LogP contribution in [0.1, 0.15) is 15.9 Å². The van der Waals surface area contributed by atoms with Crippen LogP contribution < -0.4 is 4.74 Å². The number of hydrogen-bond acceptors (Lipinski definition) is 2. The van der Waals surface area contributed by atoms with Crippen molar-refractivity contribution in [3.05, 3.63) is 64.7 Å². The number of ether oxygens (including phenoxy) is 1. The Morgan fingerprint density at radius 1 is 1.08 bits per heavy atom. The molecule has 0 atom stereocenters. The second-order valence-corrected chi connectivity index (χ2v) is 5.65. The van der Waals surface area contributed by atoms with Crippen LogP contribution in [0.5, 0.6) is 5.75 Å². The number of rotatable bonds is 5. The van der Waals surface area contributed by atoms with Crippen LogP contribution >= 0.6 is 11.6 Å². The smallest absolute Gasteiger partial charge is 0.422 e. The van der Waals surface area contributed by atoms with Gasteiger partial charge < -0.3 is 9.64 Å². The SMILES string of the molecule is CN(Cc1ccc(Cl)cc1)C(=O)c1ccc(OCC(F)(F)F)cc1. The van der Waals surface area contributed by atoms with Gasteiger partial charge in [0.05, 0.1) is 0 Å². The second-order valence-electron chi connectivity index (χ2n) is 5.22. The zero-order valence-corrected chi connectivity index (χ0v) is 13.6. The molecule has 0 N–H and O–H groups in total. The molecule has 0 aromatic heterocycles. The van der Waals surface area contributed by atoms with Crippen LogP contribution in [-0.2, 0) is 6.54 Å². The Kier molecular flexibility index (Phi) is 5.72. The fourth-order valence-corrected chi connectivity index (χ4v) is 2.14. The monoisotopic (exact) mass is 357 g/mol. The summed E-state index contributed by atoms with van der Waals surface area (Å²) >= 11 is 5.81. The van der Waals surface area contributed by atoms with Crippen LogP contribution in [0.25, 0.3) is 0 Å². The highest BCUT2D eigenvalue weighted by molar-refractivity contribution is 6.30. The van der Waals surface area contributed by atoms with E-state index in [2.05, 4.69) is 4.74 Å². The topological polar surface area (TPSA) is 29.5 Å². The first-order valence-corrected chi connectivity index (χ1v) is 7.42. The lowest BCUT2D eigenvalue weighted by atomic mass is 10.1. The van der Waals surface area contributed by atoms with Gasteiger partial charge in [0.25, 0.3) is 5.91 Å². The number of amides is 1. The molecule has 128 valence electrons. The van der Waals surface area contributed by atoms with E-state index in [-0.39, 0.29) is 11.7 Å². The standard InChI is InChI=1S/C17H15ClF3NO2/c1-22(10-12-2-6-14(18)7-3-12)16(23)13-4-8-15(9-5-13)24-11-17(19,20)21/h2-9H,10-11H2,1H3. The molecule has 1 amide bonds. The third-order valence-corrected chi connectivity index (χ3v) is 3.44. The van der Waals surface area contributed by atoms with Crippen molar-refractivity contribution >= 4 is 17.5 Å². The van der Waals surface area contributed by atoms with Crippen molar-refractivity contribution < 1.29 is 22.7 Å². The van der Waals surface area contributed by atoms with Crippen LogP contribution in [0.4, 0.5) is 13.2 Å². The van der Waals surface area contributed by atoms with Crippen LogP contribution in [0.3, 0.4) is 0 Å². The third kappa shape index (κ3) is 5.45. The molecule has 24 heavy (non-hydrogen) atoms. The van der Waals surface area contributed by atoms with Crippen molar-refractivity contribution in [3.63, 3.8) is 0 Å². The summed E-state index contributed by atoms with van der Waals surface area (Å²) in [5.41, 5.74) is 1.28. The van der Waals surface area contributed by atoms with Gasteiger partial charge in [-0.15, -0.1) is 0 Å². The molecule has 2 aromatic rings. The van der Waals surface area contributed by atoms with Gasteiger partial charge in [0.1, 0.15) is 5.75 Å². The predicted molar refractivity (Wildman–Crippen MR) is 85.2 cm³/mol. The van der Waals surface area contributed by atoms with Crippen molar-refractivity contribution in [3.8, 4) is 5.75 Å². The Balaban J connectivity index is 1.97. The Hall–Kier alpha value is -2.21. The molecule has 7 heteroatoms. The van der Waals surface area contributed by atoms with Crippen LogP contribution in [0.15, 0.2) is 48.5 Å². The van der Waals surface area contributed by atoms with Gasteiger partial charge in [-0.3, -0.25) is 4.79 Å². The molecule has 0 fully saturated rings. The van der Waals surface area contributed by atoms with E-state index in [1.54, 1.807) is 19.2 Å². The Morgan fingerprint density at radius 3 is 2.21 bits per heavy atom. The average Bonchev–Trinajstić information content (AvgIpc) is 2.54. The summed E-state index contributed by atoms with van der Waals surface area (Å²) in [6.07, 6.45) is -4.40. The molecule has 0 radical (unpaired) electrons. The number of nitrogens with zero attached hydrogens (tertiary/aromatic N) is 1. The van der Waals surface area contributed by atoms with Crippen molar-refractivity contribution in [2.75, 3.05) is 13.7 Å². The van der Waals surface area contributed by atoms with Gasteiger partial charge in [0.2, 0.25) is 0 Å². The summed E-state index contributed by atoms with van der Waals surface area (Å²) in [6, 6.07) is 12.7. The molecular weight excluding hydrogens is 343 g/mol. The molecule has 0 aliphatic rings. The fraction of sp³-hybridized carbons (Fsp3) is 0.235. The predicted octanol–water partition coefficient (Wildman–Crippen LogP) is 4.55. The summed E-state index contributed by atoms with van der Waals surface area (Å²) in [5.74, 6) is -0.184. The minimum Gasteiger partial charge on any atom is -0.484 e. The maximum atomic E-state index is 12.3. The van der Waals surface area contributed by atoms with Crippen LogP contribution in [0.2, 0.25) is 5.02 Å². The van der Waals surface area contributed by atoms with Gasteiger partial charge in [0, 0.05) is 24.2 Å². The van der Waals surface area contributed by atoms with Crippen molar-refractivity contribution in [1.29, 1.82) is 0 Å². The molecular formula is C17H15ClF3NO2. The molecule has 3 nitrogen and oxygen atoms in total. The third-order valence-electron chi connectivity index (χ3n) is 3.18. The Bertz CT molecular complexity index is 684. The van der Waals surface area contributed by atoms with E-state index in [0.717, 1.165) is 5.56 Å². The summed E-state index contributed by atoms with van der Waals surface area (Å²) in [4.78, 5) is 13.8. The first-order valence-electron chi connectivity index (χ1n) is 7.04. The molecule has 0 saturated carbocycles. The van der Waals surface area contributed by atoms with Gasteiger partial charge >= 0.3 is 6.18 Å². The quantitative estimate of drug-likeness (QED) is 0.785. The van der Waals surface area contributed by atoms with Crippen molar-refractivity contribution in [2.24, 2.45) is 0 Å². The highest BCUT2D eigenvalue weighted by atomic mass is 35.5. The lowest BCUT2D eigenvalue weighted by Crippen LogP contribution is -2.26. The van der Waals surface area contributed by atoms with E-state index in [4.69, 9.17) is 11.6 Å². The highest BCUT2D eigenvalue weighted by Gasteiger charge is 2.28. The van der Waals surface area contributed by atoms with E-state index in [0.29, 0.717) is 17.1 Å². The Morgan fingerprint density at radius 2 is 1.67 bits per heavy atom. The average molecular weight is 358 g/mol. The lowest BCUT2D eigenvalue weighted by Gasteiger charge is -2.17. The Labute approximate surface area is 142 Å². The molecule has 0 aliphatic carbocycles. The van der Waals surface area contributed by atoms with Crippen molar-refractivity contribution in [1.82, 2.24) is 4.90 Å². The lowest BCUT2D eigenvalue weighted by molar-refractivity contribution is -0.153. The molecule has 0 bridgehead atoms. The van der Waals surface area contributed by atoms with E-state index in [1.807, 2.05) is 12.1 Å². The zero-order chi connectivity index (χ0) is 17.7. The van der Waals surface area contributed by atoms with Crippen LogP contribution in [-0.4, -0.2) is 30.6 Å². The molecule has 0 unspecified atom stereocenters. The number of halogens is 4. The first kappa shape index (κ1) is 18.1. The van der Waals surface area contributed by atoms with E-state index in [1.165, 1.54) is 29.2 Å². The van der Waals surface area contributed by atoms with Crippen LogP contribution in [0, 0.1) is 0 Å². The number of carbonyl (C=O) groups excluding carboxylic acids is 1. The van der Waals surface area contributed by atoms with Gasteiger partial charge in [-0.05, 0) is 42.0 Å². The summed E-state index contributed by atoms with van der Waals surface area (Å²) < 4.78 is 40.9. The summed E-state index contributed by atoms with van der Waals surface area (Å²) in [6.45, 7) is -0.973. The number of benzene rings is 2. The zero-order valence-electron chi connectivity index (χ0n) is 12.8. The minimum absolute atomic E-state index is 0.0595.